The van der Waals surface area contributed by atoms with Crippen molar-refractivity contribution in [2.24, 2.45) is 5.92 Å². The molecule has 0 saturated carbocycles. The number of rotatable bonds is 2. The first-order valence-corrected chi connectivity index (χ1v) is 6.74. The van der Waals surface area contributed by atoms with E-state index >= 15 is 0 Å². The molecule has 17 heavy (non-hydrogen) atoms. The molecule has 1 aromatic rings. The molecule has 0 radical (unpaired) electrons. The van der Waals surface area contributed by atoms with Gasteiger partial charge in [-0.3, -0.25) is 4.79 Å². The second-order valence-electron chi connectivity index (χ2n) is 4.22. The van der Waals surface area contributed by atoms with Gasteiger partial charge in [0, 0.05) is 29.0 Å². The molecule has 1 atom stereocenters. The van der Waals surface area contributed by atoms with Crippen LogP contribution in [0.1, 0.15) is 16.8 Å². The van der Waals surface area contributed by atoms with E-state index in [1.807, 2.05) is 0 Å². The standard InChI is InChI=1S/C12H12BrClFNO/c13-10-3-9(4-11(15)5-10)12(17)16-2-1-8(6-14)7-16/h3-5,8H,1-2,6-7H2. The number of halogens is 3. The van der Waals surface area contributed by atoms with E-state index in [0.29, 0.717) is 34.9 Å². The average molecular weight is 321 g/mol. The first kappa shape index (κ1) is 12.8. The van der Waals surface area contributed by atoms with Crippen molar-refractivity contribution < 1.29 is 9.18 Å². The van der Waals surface area contributed by atoms with E-state index in [4.69, 9.17) is 11.6 Å². The van der Waals surface area contributed by atoms with Crippen LogP contribution in [0.5, 0.6) is 0 Å². The maximum atomic E-state index is 13.2. The Morgan fingerprint density at radius 3 is 2.88 bits per heavy atom. The van der Waals surface area contributed by atoms with Crippen LogP contribution in [-0.4, -0.2) is 29.8 Å². The lowest BCUT2D eigenvalue weighted by molar-refractivity contribution is 0.0787. The molecule has 1 aliphatic heterocycles. The summed E-state index contributed by atoms with van der Waals surface area (Å²) in [5.74, 6) is 0.391. The second-order valence-corrected chi connectivity index (χ2v) is 5.44. The van der Waals surface area contributed by atoms with Gasteiger partial charge >= 0.3 is 0 Å². The minimum absolute atomic E-state index is 0.127. The van der Waals surface area contributed by atoms with Gasteiger partial charge in [-0.25, -0.2) is 4.39 Å². The Kier molecular flexibility index (Phi) is 4.05. The van der Waals surface area contributed by atoms with Gasteiger partial charge in [0.1, 0.15) is 5.82 Å². The van der Waals surface area contributed by atoms with Crippen LogP contribution in [0.3, 0.4) is 0 Å². The third-order valence-electron chi connectivity index (χ3n) is 2.90. The quantitative estimate of drug-likeness (QED) is 0.766. The third kappa shape index (κ3) is 2.99. The van der Waals surface area contributed by atoms with Crippen molar-refractivity contribution in [1.29, 1.82) is 0 Å². The number of alkyl halides is 1. The Hall–Kier alpha value is -0.610. The molecule has 1 amide bonds. The molecule has 0 N–H and O–H groups in total. The monoisotopic (exact) mass is 319 g/mol. The van der Waals surface area contributed by atoms with Crippen LogP contribution in [0.4, 0.5) is 4.39 Å². The zero-order valence-electron chi connectivity index (χ0n) is 9.13. The van der Waals surface area contributed by atoms with Gasteiger partial charge in [-0.2, -0.15) is 0 Å². The zero-order valence-corrected chi connectivity index (χ0v) is 11.5. The van der Waals surface area contributed by atoms with Gasteiger partial charge in [0.15, 0.2) is 0 Å². The molecule has 1 aromatic carbocycles. The number of benzene rings is 1. The normalized spacial score (nSPS) is 19.7. The SMILES string of the molecule is O=C(c1cc(F)cc(Br)c1)N1CCC(CCl)C1. The summed E-state index contributed by atoms with van der Waals surface area (Å²) in [5.41, 5.74) is 0.382. The number of carbonyl (C=O) groups is 1. The summed E-state index contributed by atoms with van der Waals surface area (Å²) in [6.45, 7) is 1.36. The Morgan fingerprint density at radius 2 is 2.29 bits per heavy atom. The van der Waals surface area contributed by atoms with Gasteiger partial charge in [0.25, 0.3) is 5.91 Å². The Morgan fingerprint density at radius 1 is 1.53 bits per heavy atom. The fourth-order valence-corrected chi connectivity index (χ4v) is 2.72. The van der Waals surface area contributed by atoms with Crippen LogP contribution in [-0.2, 0) is 0 Å². The van der Waals surface area contributed by atoms with E-state index in [-0.39, 0.29) is 5.91 Å². The molecule has 0 aliphatic carbocycles. The summed E-state index contributed by atoms with van der Waals surface area (Å²) in [6, 6.07) is 4.24. The maximum Gasteiger partial charge on any atom is 0.254 e. The first-order valence-electron chi connectivity index (χ1n) is 5.41. The van der Waals surface area contributed by atoms with E-state index in [1.165, 1.54) is 12.1 Å². The van der Waals surface area contributed by atoms with Gasteiger partial charge in [0.05, 0.1) is 0 Å². The molecule has 0 spiro atoms. The van der Waals surface area contributed by atoms with Crippen LogP contribution in [0.25, 0.3) is 0 Å². The molecule has 0 aromatic heterocycles. The second kappa shape index (κ2) is 5.36. The summed E-state index contributed by atoms with van der Waals surface area (Å²) in [7, 11) is 0. The highest BCUT2D eigenvalue weighted by Crippen LogP contribution is 2.22. The van der Waals surface area contributed by atoms with Gasteiger partial charge in [-0.15, -0.1) is 11.6 Å². The van der Waals surface area contributed by atoms with Crippen LogP contribution in [0.2, 0.25) is 0 Å². The van der Waals surface area contributed by atoms with E-state index in [2.05, 4.69) is 15.9 Å². The van der Waals surface area contributed by atoms with Crippen molar-refractivity contribution in [1.82, 2.24) is 4.90 Å². The van der Waals surface area contributed by atoms with Crippen LogP contribution >= 0.6 is 27.5 Å². The van der Waals surface area contributed by atoms with Crippen molar-refractivity contribution in [3.8, 4) is 0 Å². The number of carbonyl (C=O) groups excluding carboxylic acids is 1. The summed E-state index contributed by atoms with van der Waals surface area (Å²) in [4.78, 5) is 13.8. The lowest BCUT2D eigenvalue weighted by Crippen LogP contribution is -2.29. The summed E-state index contributed by atoms with van der Waals surface area (Å²) >= 11 is 8.95. The highest BCUT2D eigenvalue weighted by Gasteiger charge is 2.26. The molecular weight excluding hydrogens is 308 g/mol. The van der Waals surface area contributed by atoms with Crippen molar-refractivity contribution in [2.75, 3.05) is 19.0 Å². The highest BCUT2D eigenvalue weighted by molar-refractivity contribution is 9.10. The maximum absolute atomic E-state index is 13.2. The lowest BCUT2D eigenvalue weighted by atomic mass is 10.1. The predicted molar refractivity (Wildman–Crippen MR) is 68.8 cm³/mol. The van der Waals surface area contributed by atoms with Gasteiger partial charge in [-0.1, -0.05) is 15.9 Å². The molecule has 1 saturated heterocycles. The van der Waals surface area contributed by atoms with Gasteiger partial charge in [-0.05, 0) is 30.5 Å². The van der Waals surface area contributed by atoms with Gasteiger partial charge < -0.3 is 4.90 Å². The smallest absolute Gasteiger partial charge is 0.254 e. The zero-order chi connectivity index (χ0) is 12.4. The molecule has 2 rings (SSSR count). The number of hydrogen-bond donors (Lipinski definition) is 0. The largest absolute Gasteiger partial charge is 0.338 e. The number of hydrogen-bond acceptors (Lipinski definition) is 1. The highest BCUT2D eigenvalue weighted by atomic mass is 79.9. The van der Waals surface area contributed by atoms with Gasteiger partial charge in [0.2, 0.25) is 0 Å². The topological polar surface area (TPSA) is 20.3 Å². The van der Waals surface area contributed by atoms with Crippen molar-refractivity contribution >= 4 is 33.4 Å². The minimum atomic E-state index is -0.407. The molecule has 92 valence electrons. The molecule has 0 bridgehead atoms. The molecular formula is C12H12BrClFNO. The van der Waals surface area contributed by atoms with E-state index in [9.17, 15) is 9.18 Å². The average Bonchev–Trinajstić information content (AvgIpc) is 2.75. The minimum Gasteiger partial charge on any atom is -0.338 e. The van der Waals surface area contributed by atoms with E-state index < -0.39 is 5.82 Å². The summed E-state index contributed by atoms with van der Waals surface area (Å²) in [5, 5.41) is 0. The Bertz CT molecular complexity index is 420. The van der Waals surface area contributed by atoms with Crippen LogP contribution < -0.4 is 0 Å². The third-order valence-corrected chi connectivity index (χ3v) is 3.80. The fraction of sp³-hybridized carbons (Fsp3) is 0.417. The molecule has 1 heterocycles. The summed E-state index contributed by atoms with van der Waals surface area (Å²) < 4.78 is 13.8. The van der Waals surface area contributed by atoms with Crippen molar-refractivity contribution in [2.45, 2.75) is 6.42 Å². The van der Waals surface area contributed by atoms with Crippen LogP contribution in [0, 0.1) is 11.7 Å². The molecule has 1 unspecified atom stereocenters. The van der Waals surface area contributed by atoms with E-state index in [0.717, 1.165) is 6.42 Å². The Balaban J connectivity index is 2.14. The Labute approximate surface area is 113 Å². The molecule has 1 aliphatic rings. The predicted octanol–water partition coefficient (Wildman–Crippen LogP) is 3.29. The molecule has 1 fully saturated rings. The molecule has 5 heteroatoms. The number of nitrogens with zero attached hydrogens (tertiary/aromatic N) is 1. The fourth-order valence-electron chi connectivity index (χ4n) is 2.00. The molecule has 2 nitrogen and oxygen atoms in total. The first-order chi connectivity index (χ1) is 8.10. The van der Waals surface area contributed by atoms with Crippen molar-refractivity contribution in [3.63, 3.8) is 0 Å². The lowest BCUT2D eigenvalue weighted by Gasteiger charge is -2.16. The summed E-state index contributed by atoms with van der Waals surface area (Å²) in [6.07, 6.45) is 0.922. The number of likely N-dealkylation sites (tertiary alicyclic amines) is 1. The van der Waals surface area contributed by atoms with Crippen molar-refractivity contribution in [3.05, 3.63) is 34.1 Å². The van der Waals surface area contributed by atoms with Crippen LogP contribution in [0.15, 0.2) is 22.7 Å². The number of amides is 1. The van der Waals surface area contributed by atoms with E-state index in [1.54, 1.807) is 11.0 Å².